The number of fused-ring (bicyclic) bond motifs is 14. The van der Waals surface area contributed by atoms with Crippen LogP contribution in [0.25, 0.3) is 115 Å². The molecule has 2 aromatic heterocycles. The van der Waals surface area contributed by atoms with E-state index in [0.29, 0.717) is 21.8 Å². The van der Waals surface area contributed by atoms with Gasteiger partial charge in [-0.3, -0.25) is 0 Å². The van der Waals surface area contributed by atoms with Crippen LogP contribution in [0.15, 0.2) is 291 Å². The van der Waals surface area contributed by atoms with Crippen molar-refractivity contribution in [1.29, 1.82) is 0 Å². The molecule has 0 unspecified atom stereocenters. The molecule has 0 spiro atoms. The molecular weight excluding hydrogens is 1350 g/mol. The summed E-state index contributed by atoms with van der Waals surface area (Å²) in [5, 5.41) is 4.58. The van der Waals surface area contributed by atoms with Crippen LogP contribution in [-0.4, -0.2) is 11.1 Å². The van der Waals surface area contributed by atoms with E-state index in [0.717, 1.165) is 128 Å². The van der Waals surface area contributed by atoms with Gasteiger partial charge in [-0.2, -0.15) is 0 Å². The zero-order valence-electron chi connectivity index (χ0n) is 75.1. The number of hydrogen-bond donors (Lipinski definition) is 0. The Morgan fingerprint density at radius 3 is 1.04 bits per heavy atom. The molecule has 4 heterocycles. The van der Waals surface area contributed by atoms with E-state index in [1.807, 2.05) is 22.6 Å². The quantitative estimate of drug-likeness (QED) is 0.147. The minimum Gasteiger partial charge on any atom is -0.311 e. The highest BCUT2D eigenvalue weighted by Crippen LogP contribution is 2.54. The van der Waals surface area contributed by atoms with Crippen LogP contribution in [0.2, 0.25) is 0 Å². The maximum absolute atomic E-state index is 10.4. The number of aromatic nitrogens is 1. The van der Waals surface area contributed by atoms with Crippen molar-refractivity contribution in [2.75, 3.05) is 9.80 Å². The van der Waals surface area contributed by atoms with Crippen LogP contribution >= 0.6 is 0 Å². The number of benzene rings is 14. The molecule has 2 aliphatic heterocycles. The molecule has 0 aliphatic carbocycles. The minimum absolute atomic E-state index is 0.118. The third-order valence-electron chi connectivity index (χ3n) is 23.9. The van der Waals surface area contributed by atoms with Gasteiger partial charge in [0.1, 0.15) is 0 Å². The van der Waals surface area contributed by atoms with Crippen molar-refractivity contribution < 1.29 is 9.60 Å². The summed E-state index contributed by atoms with van der Waals surface area (Å²) in [6.45, 7) is 41.1. The molecule has 4 heteroatoms. The lowest BCUT2D eigenvalue weighted by atomic mass is 9.33. The summed E-state index contributed by atoms with van der Waals surface area (Å²) in [7, 11) is 0. The molecule has 0 radical (unpaired) electrons. The van der Waals surface area contributed by atoms with Crippen LogP contribution in [-0.2, 0) is 32.5 Å². The van der Waals surface area contributed by atoms with Crippen molar-refractivity contribution in [3.8, 4) is 55.6 Å². The van der Waals surface area contributed by atoms with Gasteiger partial charge in [0, 0.05) is 55.4 Å². The molecule has 0 saturated carbocycles. The van der Waals surface area contributed by atoms with Gasteiger partial charge in [0.2, 0.25) is 0 Å². The molecule has 18 rings (SSSR count). The average Bonchev–Trinajstić information content (AvgIpc) is 1.67. The molecular formula is C108H102BN3. The predicted molar refractivity (Wildman–Crippen MR) is 487 cm³/mol. The molecule has 112 heavy (non-hydrogen) atoms. The maximum atomic E-state index is 10.4. The van der Waals surface area contributed by atoms with Crippen molar-refractivity contribution in [2.45, 2.75) is 157 Å². The van der Waals surface area contributed by atoms with Gasteiger partial charge in [-0.25, -0.2) is 0 Å². The lowest BCUT2D eigenvalue weighted by Gasteiger charge is -2.45. The van der Waals surface area contributed by atoms with Gasteiger partial charge in [-0.05, 0) is 191 Å². The third-order valence-corrected chi connectivity index (χ3v) is 23.9. The zero-order chi connectivity index (χ0) is 84.1. The second kappa shape index (κ2) is 26.1. The van der Waals surface area contributed by atoms with Gasteiger partial charge < -0.3 is 14.2 Å². The fourth-order valence-electron chi connectivity index (χ4n) is 17.6. The topological polar surface area (TPSA) is 10.9 Å². The minimum atomic E-state index is -0.549. The first kappa shape index (κ1) is 64.2. The van der Waals surface area contributed by atoms with Crippen LogP contribution in [0.4, 0.5) is 34.1 Å². The van der Waals surface area contributed by atoms with Crippen LogP contribution < -0.4 is 26.2 Å². The standard InChI is InChI=1S/C108H102BN3/c1-103(2,3)73-52-69(53-74(60-73)104(4,5)6)70-58-99-101-100(59-70)111(94-50-33-30-41-80(94)72-56-77(107(13,14)15)62-78(57-72)108(16,17)18)98-66-96-90(84-45-28-26-43-82(84)81-42-25-27-44-83(81)86-47-35-48-87-85-46-31-34-51-95(85)112(96)102(86)87)64-92(98)109(101)91-63-88(67-36-21-19-22-37-67)89(68-38-23-20-24-39-68)65-97(91)110(99)93-49-32-29-40-79(93)71-54-75(105(7,8)9)61-76(55-71)106(10,11)12/h19-66H,1-18H3/i31D,34D,35D,46D,47D,48D,51D. The first-order chi connectivity index (χ1) is 56.3. The SMILES string of the molecule is [2H]c1c([2H])c([2H])c2c(c1[2H])c1c([2H])c([2H])c([2H])c3c4ccccc4c4ccccc4c4cc5c(cc4n2c31)N(c1ccccc1-c1cc(C(C)(C)C)cc(C(C)(C)C)c1)c1cc(-c2cc(C(C)(C)C)cc(C(C)(C)C)c2)cc2c1B5c1cc(-c3ccccc3)c(-c3ccccc3)cc1N2c1ccccc1-c1cc(C(C)(C)C)cc(C(C)(C)C)c1. The van der Waals surface area contributed by atoms with E-state index in [4.69, 9.17) is 0 Å². The van der Waals surface area contributed by atoms with Crippen LogP contribution in [0.1, 0.15) is 168 Å². The normalized spacial score (nSPS) is 14.3. The van der Waals surface area contributed by atoms with Crippen LogP contribution in [0.3, 0.4) is 0 Å². The number of para-hydroxylation sites is 4. The van der Waals surface area contributed by atoms with E-state index in [-0.39, 0.29) is 79.0 Å². The number of rotatable bonds is 7. The smallest absolute Gasteiger partial charge is 0.252 e. The van der Waals surface area contributed by atoms with Gasteiger partial charge in [-0.15, -0.1) is 0 Å². The molecule has 0 bridgehead atoms. The first-order valence-electron chi connectivity index (χ1n) is 43.4. The molecule has 16 aromatic rings. The summed E-state index contributed by atoms with van der Waals surface area (Å²) >= 11 is 0. The average molecular weight is 1460 g/mol. The van der Waals surface area contributed by atoms with E-state index in [1.54, 1.807) is 0 Å². The van der Waals surface area contributed by atoms with E-state index in [9.17, 15) is 9.60 Å². The van der Waals surface area contributed by atoms with E-state index < -0.39 is 18.8 Å². The monoisotopic (exact) mass is 1460 g/mol. The highest BCUT2D eigenvalue weighted by Gasteiger charge is 2.46. The van der Waals surface area contributed by atoms with Crippen molar-refractivity contribution in [1.82, 2.24) is 4.40 Å². The van der Waals surface area contributed by atoms with Gasteiger partial charge in [0.25, 0.3) is 6.71 Å². The number of hydrogen-bond acceptors (Lipinski definition) is 2. The summed E-state index contributed by atoms with van der Waals surface area (Å²) in [5.74, 6) is 0. The van der Waals surface area contributed by atoms with Gasteiger partial charge in [0.05, 0.1) is 37.5 Å². The second-order valence-electron chi connectivity index (χ2n) is 37.7. The Hall–Kier alpha value is -11.5. The molecule has 552 valence electrons. The molecule has 0 amide bonds. The molecule has 0 atom stereocenters. The Morgan fingerprint density at radius 1 is 0.241 bits per heavy atom. The summed E-state index contributed by atoms with van der Waals surface area (Å²) < 4.78 is 72.0. The van der Waals surface area contributed by atoms with Crippen LogP contribution in [0, 0.1) is 0 Å². The zero-order valence-corrected chi connectivity index (χ0v) is 68.1. The van der Waals surface area contributed by atoms with Crippen molar-refractivity contribution in [3.05, 3.63) is 324 Å². The van der Waals surface area contributed by atoms with Gasteiger partial charge in [-0.1, -0.05) is 373 Å². The van der Waals surface area contributed by atoms with Crippen molar-refractivity contribution >= 4 is 117 Å². The Kier molecular flexibility index (Phi) is 15.0. The molecule has 14 aromatic carbocycles. The Balaban J connectivity index is 1.13. The summed E-state index contributed by atoms with van der Waals surface area (Å²) in [6.07, 6.45) is 0. The Morgan fingerprint density at radius 2 is 0.589 bits per heavy atom. The lowest BCUT2D eigenvalue weighted by molar-refractivity contribution is 0.568. The molecule has 3 nitrogen and oxygen atoms in total. The van der Waals surface area contributed by atoms with Gasteiger partial charge in [0.15, 0.2) is 0 Å². The lowest BCUT2D eigenvalue weighted by Crippen LogP contribution is -2.61. The number of anilines is 6. The summed E-state index contributed by atoms with van der Waals surface area (Å²) in [4.78, 5) is 5.15. The number of nitrogens with zero attached hydrogens (tertiary/aromatic N) is 3. The van der Waals surface area contributed by atoms with E-state index >= 15 is 0 Å². The first-order valence-corrected chi connectivity index (χ1v) is 39.9. The molecule has 0 fully saturated rings. The molecule has 0 N–H and O–H groups in total. The van der Waals surface area contributed by atoms with Crippen LogP contribution in [0.5, 0.6) is 0 Å². The third kappa shape index (κ3) is 12.2. The molecule has 2 aliphatic rings. The summed E-state index contributed by atoms with van der Waals surface area (Å²) in [6, 6.07) is 90.2. The predicted octanol–water partition coefficient (Wildman–Crippen LogP) is 28.5. The fourth-order valence-corrected chi connectivity index (χ4v) is 17.6. The molecule has 0 saturated heterocycles. The van der Waals surface area contributed by atoms with Crippen molar-refractivity contribution in [3.63, 3.8) is 0 Å². The highest BCUT2D eigenvalue weighted by atomic mass is 15.2. The van der Waals surface area contributed by atoms with E-state index in [1.165, 1.54) is 33.4 Å². The maximum Gasteiger partial charge on any atom is 0.252 e. The largest absolute Gasteiger partial charge is 0.311 e. The summed E-state index contributed by atoms with van der Waals surface area (Å²) in [5.41, 5.74) is 26.5. The fraction of sp³-hybridized carbons (Fsp3) is 0.222. The highest BCUT2D eigenvalue weighted by molar-refractivity contribution is 7.00. The van der Waals surface area contributed by atoms with Gasteiger partial charge >= 0.3 is 0 Å². The van der Waals surface area contributed by atoms with Crippen molar-refractivity contribution in [2.24, 2.45) is 0 Å². The Bertz CT molecular complexity index is 6920. The Labute approximate surface area is 673 Å². The second-order valence-corrected chi connectivity index (χ2v) is 37.7. The van der Waals surface area contributed by atoms with E-state index in [2.05, 4.69) is 365 Å².